The number of anilines is 1. The molecule has 1 rings (SSSR count). The molecular formula is C9H11N3. The third-order valence-corrected chi connectivity index (χ3v) is 1.58. The molecule has 0 radical (unpaired) electrons. The topological polar surface area (TPSA) is 75.9 Å². The number of nitrogen functional groups attached to an aromatic ring is 1. The first-order valence-electron chi connectivity index (χ1n) is 3.56. The van der Waals surface area contributed by atoms with Gasteiger partial charge in [-0.1, -0.05) is 12.1 Å². The number of benzene rings is 1. The average molecular weight is 161 g/mol. The summed E-state index contributed by atoms with van der Waals surface area (Å²) in [4.78, 5) is 0. The van der Waals surface area contributed by atoms with Gasteiger partial charge in [0.15, 0.2) is 0 Å². The molecule has 0 fully saturated rings. The van der Waals surface area contributed by atoms with Gasteiger partial charge in [0.05, 0.1) is 0 Å². The summed E-state index contributed by atoms with van der Waals surface area (Å²) in [5, 5.41) is 7.05. The van der Waals surface area contributed by atoms with E-state index in [2.05, 4.69) is 0 Å². The predicted molar refractivity (Wildman–Crippen MR) is 51.8 cm³/mol. The Hall–Kier alpha value is -1.77. The fourth-order valence-electron chi connectivity index (χ4n) is 0.903. The Morgan fingerprint density at radius 2 is 1.83 bits per heavy atom. The quantitative estimate of drug-likeness (QED) is 0.450. The van der Waals surface area contributed by atoms with Crippen molar-refractivity contribution in [2.24, 2.45) is 5.73 Å². The number of nitrogens with two attached hydrogens (primary N) is 2. The lowest BCUT2D eigenvalue weighted by molar-refractivity contribution is 1.53. The maximum atomic E-state index is 7.05. The van der Waals surface area contributed by atoms with E-state index < -0.39 is 0 Å². The molecule has 0 unspecified atom stereocenters. The zero-order valence-electron chi connectivity index (χ0n) is 6.62. The van der Waals surface area contributed by atoms with E-state index in [1.54, 1.807) is 12.1 Å². The Kier molecular flexibility index (Phi) is 2.48. The highest BCUT2D eigenvalue weighted by Crippen LogP contribution is 2.12. The second-order valence-corrected chi connectivity index (χ2v) is 2.39. The summed E-state index contributed by atoms with van der Waals surface area (Å²) in [5.41, 5.74) is 13.1. The van der Waals surface area contributed by atoms with Crippen molar-refractivity contribution in [1.82, 2.24) is 0 Å². The molecule has 0 atom stereocenters. The Morgan fingerprint density at radius 1 is 1.25 bits per heavy atom. The first kappa shape index (κ1) is 8.33. The van der Waals surface area contributed by atoms with Crippen LogP contribution in [-0.2, 0) is 0 Å². The maximum Gasteiger partial charge on any atom is 0.0314 e. The summed E-state index contributed by atoms with van der Waals surface area (Å²) in [6, 6.07) is 7.22. The van der Waals surface area contributed by atoms with Crippen LogP contribution in [0.4, 0.5) is 5.69 Å². The van der Waals surface area contributed by atoms with Crippen LogP contribution in [0.15, 0.2) is 30.5 Å². The van der Waals surface area contributed by atoms with Crippen LogP contribution in [0.3, 0.4) is 0 Å². The van der Waals surface area contributed by atoms with Crippen LogP contribution in [0, 0.1) is 5.41 Å². The van der Waals surface area contributed by atoms with Gasteiger partial charge in [0.1, 0.15) is 0 Å². The van der Waals surface area contributed by atoms with Gasteiger partial charge >= 0.3 is 0 Å². The lowest BCUT2D eigenvalue weighted by atomic mass is 10.1. The van der Waals surface area contributed by atoms with Gasteiger partial charge in [-0.15, -0.1) is 0 Å². The molecule has 0 saturated carbocycles. The van der Waals surface area contributed by atoms with E-state index >= 15 is 0 Å². The Morgan fingerprint density at radius 3 is 2.25 bits per heavy atom. The van der Waals surface area contributed by atoms with Gasteiger partial charge in [-0.2, -0.15) is 0 Å². The van der Waals surface area contributed by atoms with Gasteiger partial charge < -0.3 is 16.9 Å². The van der Waals surface area contributed by atoms with Gasteiger partial charge in [-0.3, -0.25) is 0 Å². The van der Waals surface area contributed by atoms with Gasteiger partial charge in [-0.05, 0) is 17.7 Å². The normalized spacial score (nSPS) is 11.2. The first-order chi connectivity index (χ1) is 5.77. The molecule has 3 nitrogen and oxygen atoms in total. The second kappa shape index (κ2) is 3.57. The largest absolute Gasteiger partial charge is 0.404 e. The molecule has 0 saturated heterocycles. The van der Waals surface area contributed by atoms with Crippen LogP contribution in [0.25, 0.3) is 5.57 Å². The van der Waals surface area contributed by atoms with Gasteiger partial charge in [-0.25, -0.2) is 0 Å². The van der Waals surface area contributed by atoms with Crippen molar-refractivity contribution >= 4 is 17.5 Å². The summed E-state index contributed by atoms with van der Waals surface area (Å²) in [6.07, 6.45) is 2.62. The van der Waals surface area contributed by atoms with E-state index in [0.717, 1.165) is 5.56 Å². The predicted octanol–water partition coefficient (Wildman–Crippen LogP) is 1.22. The Labute approximate surface area is 71.2 Å². The Bertz CT molecular complexity index is 298. The zero-order valence-corrected chi connectivity index (χ0v) is 6.62. The van der Waals surface area contributed by atoms with Gasteiger partial charge in [0, 0.05) is 23.7 Å². The highest BCUT2D eigenvalue weighted by molar-refractivity contribution is 6.08. The van der Waals surface area contributed by atoms with E-state index in [0.29, 0.717) is 11.3 Å². The standard InChI is InChI=1S/C9H11N3/c10-5-8(6-11)7-1-3-9(12)4-2-7/h1-6,10H,11-12H2/b8-6+,10-5?. The molecule has 1 aromatic carbocycles. The molecule has 0 aliphatic rings. The van der Waals surface area contributed by atoms with Crippen molar-refractivity contribution in [3.63, 3.8) is 0 Å². The molecule has 0 spiro atoms. The van der Waals surface area contributed by atoms with Gasteiger partial charge in [0.2, 0.25) is 0 Å². The number of nitrogens with one attached hydrogen (secondary N) is 1. The lowest BCUT2D eigenvalue weighted by Gasteiger charge is -1.99. The van der Waals surface area contributed by atoms with E-state index in [1.165, 1.54) is 12.4 Å². The van der Waals surface area contributed by atoms with Crippen molar-refractivity contribution in [2.45, 2.75) is 0 Å². The first-order valence-corrected chi connectivity index (χ1v) is 3.56. The van der Waals surface area contributed by atoms with Crippen LogP contribution in [0.5, 0.6) is 0 Å². The Balaban J connectivity index is 3.04. The summed E-state index contributed by atoms with van der Waals surface area (Å²) >= 11 is 0. The lowest BCUT2D eigenvalue weighted by Crippen LogP contribution is -1.91. The summed E-state index contributed by atoms with van der Waals surface area (Å²) in [5.74, 6) is 0. The minimum absolute atomic E-state index is 0.690. The fourth-order valence-corrected chi connectivity index (χ4v) is 0.903. The molecule has 0 heterocycles. The molecule has 1 aromatic rings. The van der Waals surface area contributed by atoms with Crippen LogP contribution in [0.1, 0.15) is 5.56 Å². The van der Waals surface area contributed by atoms with E-state index in [-0.39, 0.29) is 0 Å². The van der Waals surface area contributed by atoms with E-state index in [9.17, 15) is 0 Å². The van der Waals surface area contributed by atoms with Crippen LogP contribution < -0.4 is 11.5 Å². The number of hydrogen-bond donors (Lipinski definition) is 3. The van der Waals surface area contributed by atoms with E-state index in [4.69, 9.17) is 16.9 Å². The second-order valence-electron chi connectivity index (χ2n) is 2.39. The van der Waals surface area contributed by atoms with Crippen LogP contribution >= 0.6 is 0 Å². The summed E-state index contributed by atoms with van der Waals surface area (Å²) < 4.78 is 0. The van der Waals surface area contributed by atoms with Crippen molar-refractivity contribution in [3.05, 3.63) is 36.0 Å². The zero-order chi connectivity index (χ0) is 8.97. The van der Waals surface area contributed by atoms with Crippen LogP contribution in [-0.4, -0.2) is 6.21 Å². The molecule has 0 aromatic heterocycles. The molecule has 0 bridgehead atoms. The number of hydrogen-bond acceptors (Lipinski definition) is 3. The van der Waals surface area contributed by atoms with Crippen molar-refractivity contribution in [2.75, 3.05) is 5.73 Å². The van der Waals surface area contributed by atoms with E-state index in [1.807, 2.05) is 12.1 Å². The van der Waals surface area contributed by atoms with Crippen molar-refractivity contribution in [3.8, 4) is 0 Å². The third-order valence-electron chi connectivity index (χ3n) is 1.58. The molecule has 12 heavy (non-hydrogen) atoms. The minimum atomic E-state index is 0.690. The maximum absolute atomic E-state index is 7.05. The molecule has 3 heteroatoms. The minimum Gasteiger partial charge on any atom is -0.404 e. The summed E-state index contributed by atoms with van der Waals surface area (Å²) in [7, 11) is 0. The number of allylic oxidation sites excluding steroid dienone is 1. The highest BCUT2D eigenvalue weighted by Gasteiger charge is 1.95. The molecule has 0 aliphatic heterocycles. The number of rotatable bonds is 2. The molecular weight excluding hydrogens is 150 g/mol. The highest BCUT2D eigenvalue weighted by atomic mass is 14.5. The van der Waals surface area contributed by atoms with Crippen molar-refractivity contribution in [1.29, 1.82) is 5.41 Å². The molecule has 0 aliphatic carbocycles. The molecule has 62 valence electrons. The molecule has 0 amide bonds. The third kappa shape index (κ3) is 1.63. The smallest absolute Gasteiger partial charge is 0.0314 e. The van der Waals surface area contributed by atoms with Gasteiger partial charge in [0.25, 0.3) is 0 Å². The SMILES string of the molecule is N=C/C(=C\N)c1ccc(N)cc1. The summed E-state index contributed by atoms with van der Waals surface area (Å²) in [6.45, 7) is 0. The monoisotopic (exact) mass is 161 g/mol. The van der Waals surface area contributed by atoms with Crippen molar-refractivity contribution < 1.29 is 0 Å². The van der Waals surface area contributed by atoms with Crippen LogP contribution in [0.2, 0.25) is 0 Å². The average Bonchev–Trinajstić information content (AvgIpc) is 2.10. The molecule has 5 N–H and O–H groups in total. The fraction of sp³-hybridized carbons (Fsp3) is 0.